The summed E-state index contributed by atoms with van der Waals surface area (Å²) in [6.07, 6.45) is 0.606. The average molecular weight is 173 g/mol. The molecule has 0 bridgehead atoms. The Balaban J connectivity index is 3.31. The molecule has 0 N–H and O–H groups in total. The highest BCUT2D eigenvalue weighted by Gasteiger charge is 2.03. The molecule has 0 spiro atoms. The zero-order valence-corrected chi connectivity index (χ0v) is 6.65. The average Bonchev–Trinajstić information content (AvgIpc) is 1.97. The van der Waals surface area contributed by atoms with Crippen LogP contribution in [-0.4, -0.2) is 6.29 Å². The highest BCUT2D eigenvalue weighted by Crippen LogP contribution is 2.18. The Morgan fingerprint density at radius 3 is 2.73 bits per heavy atom. The number of hydrogen-bond donors (Lipinski definition) is 0. The van der Waals surface area contributed by atoms with Crippen molar-refractivity contribution < 1.29 is 9.18 Å². The van der Waals surface area contributed by atoms with Gasteiger partial charge in [0.05, 0.1) is 5.02 Å². The number of hydrogen-bond acceptors (Lipinski definition) is 1. The van der Waals surface area contributed by atoms with E-state index >= 15 is 0 Å². The van der Waals surface area contributed by atoms with Gasteiger partial charge in [0.25, 0.3) is 0 Å². The van der Waals surface area contributed by atoms with E-state index in [2.05, 4.69) is 0 Å². The molecule has 0 aliphatic heterocycles. The van der Waals surface area contributed by atoms with Crippen LogP contribution in [0.1, 0.15) is 15.9 Å². The molecule has 1 rings (SSSR count). The van der Waals surface area contributed by atoms with Gasteiger partial charge >= 0.3 is 0 Å². The van der Waals surface area contributed by atoms with Gasteiger partial charge in [-0.3, -0.25) is 4.79 Å². The first-order chi connectivity index (χ1) is 5.15. The van der Waals surface area contributed by atoms with Gasteiger partial charge < -0.3 is 0 Å². The smallest absolute Gasteiger partial charge is 0.150 e. The summed E-state index contributed by atoms with van der Waals surface area (Å²) in [5, 5.41) is 0.0492. The number of rotatable bonds is 1. The third kappa shape index (κ3) is 1.57. The summed E-state index contributed by atoms with van der Waals surface area (Å²) in [5.74, 6) is -0.556. The molecule has 0 fully saturated rings. The lowest BCUT2D eigenvalue weighted by Gasteiger charge is -1.99. The van der Waals surface area contributed by atoms with Crippen LogP contribution in [0.5, 0.6) is 0 Å². The molecule has 0 atom stereocenters. The van der Waals surface area contributed by atoms with Crippen molar-refractivity contribution >= 4 is 17.9 Å². The van der Waals surface area contributed by atoms with Crippen molar-refractivity contribution in [3.8, 4) is 0 Å². The second-order valence-corrected chi connectivity index (χ2v) is 2.65. The van der Waals surface area contributed by atoms with Crippen molar-refractivity contribution in [3.63, 3.8) is 0 Å². The van der Waals surface area contributed by atoms with Crippen LogP contribution in [0.15, 0.2) is 12.1 Å². The third-order valence-corrected chi connectivity index (χ3v) is 1.73. The van der Waals surface area contributed by atoms with E-state index in [9.17, 15) is 9.18 Å². The monoisotopic (exact) mass is 172 g/mol. The fourth-order valence-corrected chi connectivity index (χ4v) is 1.01. The van der Waals surface area contributed by atoms with E-state index < -0.39 is 5.82 Å². The Hall–Kier alpha value is -0.890. The van der Waals surface area contributed by atoms with E-state index in [-0.39, 0.29) is 5.02 Å². The number of aryl methyl sites for hydroxylation is 1. The van der Waals surface area contributed by atoms with E-state index in [1.807, 2.05) is 0 Å². The number of aldehydes is 1. The van der Waals surface area contributed by atoms with Gasteiger partial charge in [-0.05, 0) is 24.6 Å². The predicted molar refractivity (Wildman–Crippen MR) is 41.5 cm³/mol. The van der Waals surface area contributed by atoms with E-state index in [4.69, 9.17) is 11.6 Å². The zero-order valence-electron chi connectivity index (χ0n) is 5.90. The molecule has 58 valence electrons. The fraction of sp³-hybridized carbons (Fsp3) is 0.125. The predicted octanol–water partition coefficient (Wildman–Crippen LogP) is 2.60. The van der Waals surface area contributed by atoms with Crippen molar-refractivity contribution in [1.29, 1.82) is 0 Å². The molecule has 0 aliphatic carbocycles. The fourth-order valence-electron chi connectivity index (χ4n) is 0.789. The SMILES string of the molecule is Cc1cc(Cl)c(F)cc1C=O. The minimum atomic E-state index is -0.556. The zero-order chi connectivity index (χ0) is 8.43. The standard InChI is InChI=1S/C8H6ClFO/c1-5-2-7(9)8(10)3-6(5)4-11/h2-4H,1H3. The van der Waals surface area contributed by atoms with Crippen LogP contribution in [0.4, 0.5) is 4.39 Å². The first-order valence-corrected chi connectivity index (χ1v) is 3.44. The number of carbonyl (C=O) groups is 1. The molecule has 0 unspecified atom stereocenters. The Morgan fingerprint density at radius 2 is 2.18 bits per heavy atom. The van der Waals surface area contributed by atoms with Gasteiger partial charge in [0.2, 0.25) is 0 Å². The van der Waals surface area contributed by atoms with Gasteiger partial charge in [0.1, 0.15) is 12.1 Å². The second kappa shape index (κ2) is 3.01. The minimum Gasteiger partial charge on any atom is -0.298 e. The summed E-state index contributed by atoms with van der Waals surface area (Å²) in [7, 11) is 0. The van der Waals surface area contributed by atoms with Crippen LogP contribution in [-0.2, 0) is 0 Å². The van der Waals surface area contributed by atoms with E-state index in [1.165, 1.54) is 6.07 Å². The van der Waals surface area contributed by atoms with Crippen molar-refractivity contribution in [2.24, 2.45) is 0 Å². The van der Waals surface area contributed by atoms with Crippen LogP contribution < -0.4 is 0 Å². The van der Waals surface area contributed by atoms with Gasteiger partial charge in [-0.25, -0.2) is 4.39 Å². The van der Waals surface area contributed by atoms with Gasteiger partial charge in [-0.2, -0.15) is 0 Å². The number of halogens is 2. The summed E-state index contributed by atoms with van der Waals surface area (Å²) >= 11 is 5.45. The molecule has 0 saturated heterocycles. The molecule has 1 aromatic rings. The molecule has 0 saturated carbocycles. The molecule has 0 amide bonds. The largest absolute Gasteiger partial charge is 0.298 e. The van der Waals surface area contributed by atoms with Crippen molar-refractivity contribution in [3.05, 3.63) is 34.1 Å². The second-order valence-electron chi connectivity index (χ2n) is 2.24. The summed E-state index contributed by atoms with van der Waals surface area (Å²) in [4.78, 5) is 10.3. The van der Waals surface area contributed by atoms with Gasteiger partial charge in [-0.1, -0.05) is 11.6 Å². The van der Waals surface area contributed by atoms with E-state index in [0.717, 1.165) is 6.07 Å². The Bertz CT molecular complexity index is 296. The Morgan fingerprint density at radius 1 is 1.55 bits per heavy atom. The molecule has 0 heterocycles. The molecular weight excluding hydrogens is 167 g/mol. The summed E-state index contributed by atoms with van der Waals surface area (Å²) in [6.45, 7) is 1.70. The third-order valence-electron chi connectivity index (χ3n) is 1.44. The highest BCUT2D eigenvalue weighted by molar-refractivity contribution is 6.30. The summed E-state index contributed by atoms with van der Waals surface area (Å²) < 4.78 is 12.7. The van der Waals surface area contributed by atoms with Gasteiger partial charge in [-0.15, -0.1) is 0 Å². The maximum absolute atomic E-state index is 12.7. The number of carbonyl (C=O) groups excluding carboxylic acids is 1. The molecule has 0 radical (unpaired) electrons. The molecule has 0 aromatic heterocycles. The van der Waals surface area contributed by atoms with Crippen LogP contribution in [0, 0.1) is 12.7 Å². The first kappa shape index (κ1) is 8.21. The molecule has 1 nitrogen and oxygen atoms in total. The van der Waals surface area contributed by atoms with E-state index in [1.54, 1.807) is 6.92 Å². The van der Waals surface area contributed by atoms with Crippen LogP contribution in [0.25, 0.3) is 0 Å². The lowest BCUT2D eigenvalue weighted by molar-refractivity contribution is 0.112. The lowest BCUT2D eigenvalue weighted by atomic mass is 10.1. The topological polar surface area (TPSA) is 17.1 Å². The van der Waals surface area contributed by atoms with Crippen LogP contribution in [0.3, 0.4) is 0 Å². The Kier molecular flexibility index (Phi) is 2.25. The number of benzene rings is 1. The van der Waals surface area contributed by atoms with Crippen molar-refractivity contribution in [1.82, 2.24) is 0 Å². The van der Waals surface area contributed by atoms with Crippen LogP contribution >= 0.6 is 11.6 Å². The summed E-state index contributed by atoms with van der Waals surface area (Å²) in [5.41, 5.74) is 1.03. The maximum atomic E-state index is 12.7. The van der Waals surface area contributed by atoms with Gasteiger partial charge in [0, 0.05) is 5.56 Å². The minimum absolute atomic E-state index is 0.0492. The molecular formula is C8H6ClFO. The molecule has 0 aliphatic rings. The molecule has 11 heavy (non-hydrogen) atoms. The quantitative estimate of drug-likeness (QED) is 0.595. The Labute approximate surface area is 68.8 Å². The van der Waals surface area contributed by atoms with Crippen LogP contribution in [0.2, 0.25) is 5.02 Å². The normalized spacial score (nSPS) is 9.73. The first-order valence-electron chi connectivity index (χ1n) is 3.06. The molecule has 1 aromatic carbocycles. The lowest BCUT2D eigenvalue weighted by Crippen LogP contribution is -1.88. The van der Waals surface area contributed by atoms with Crippen molar-refractivity contribution in [2.75, 3.05) is 0 Å². The highest BCUT2D eigenvalue weighted by atomic mass is 35.5. The van der Waals surface area contributed by atoms with Crippen molar-refractivity contribution in [2.45, 2.75) is 6.92 Å². The van der Waals surface area contributed by atoms with Gasteiger partial charge in [0.15, 0.2) is 0 Å². The maximum Gasteiger partial charge on any atom is 0.150 e. The molecule has 3 heteroatoms. The van der Waals surface area contributed by atoms with E-state index in [0.29, 0.717) is 17.4 Å². The summed E-state index contributed by atoms with van der Waals surface area (Å²) in [6, 6.07) is 2.56.